The van der Waals surface area contributed by atoms with E-state index in [-0.39, 0.29) is 0 Å². The van der Waals surface area contributed by atoms with Crippen molar-refractivity contribution in [2.24, 2.45) is 4.99 Å². The number of nitrogens with zero attached hydrogens (tertiary/aromatic N) is 3. The van der Waals surface area contributed by atoms with Crippen molar-refractivity contribution >= 4 is 29.5 Å². The van der Waals surface area contributed by atoms with Crippen molar-refractivity contribution in [3.8, 4) is 6.19 Å². The molecule has 3 N–H and O–H groups in total. The second-order valence-electron chi connectivity index (χ2n) is 7.02. The molecule has 2 aromatic rings. The highest BCUT2D eigenvalue weighted by molar-refractivity contribution is 7.98. The van der Waals surface area contributed by atoms with E-state index in [4.69, 9.17) is 14.1 Å². The van der Waals surface area contributed by atoms with Gasteiger partial charge in [-0.15, -0.1) is 4.99 Å². The topological polar surface area (TPSA) is 102 Å². The number of nitriles is 1. The quantitative estimate of drug-likeness (QED) is 0.169. The van der Waals surface area contributed by atoms with E-state index in [2.05, 4.69) is 25.8 Å². The minimum atomic E-state index is 0.518. The Morgan fingerprint density at radius 3 is 2.06 bits per heavy atom. The molecule has 2 heterocycles. The molecule has 2 aromatic heterocycles. The SMILES string of the molecule is CNCc1ccc(CSCCNC(=NC#N)NCCSCc2ccc(CN(C)C)o2)o1. The molecule has 0 aliphatic rings. The second kappa shape index (κ2) is 14.9. The first kappa shape index (κ1) is 25.2. The maximum absolute atomic E-state index is 8.89. The fourth-order valence-corrected chi connectivity index (χ4v) is 4.18. The highest BCUT2D eigenvalue weighted by Crippen LogP contribution is 2.16. The zero-order chi connectivity index (χ0) is 22.3. The summed E-state index contributed by atoms with van der Waals surface area (Å²) < 4.78 is 11.5. The van der Waals surface area contributed by atoms with Crippen LogP contribution in [0.15, 0.2) is 38.1 Å². The van der Waals surface area contributed by atoms with Gasteiger partial charge < -0.3 is 29.7 Å². The maximum atomic E-state index is 8.89. The lowest BCUT2D eigenvalue weighted by atomic mass is 10.4. The lowest BCUT2D eigenvalue weighted by molar-refractivity contribution is 0.344. The molecule has 0 radical (unpaired) electrons. The van der Waals surface area contributed by atoms with E-state index < -0.39 is 0 Å². The van der Waals surface area contributed by atoms with Crippen LogP contribution < -0.4 is 16.0 Å². The summed E-state index contributed by atoms with van der Waals surface area (Å²) in [4.78, 5) is 5.91. The molecular formula is C21H32N6O2S2. The molecule has 170 valence electrons. The predicted molar refractivity (Wildman–Crippen MR) is 129 cm³/mol. The molecule has 0 atom stereocenters. The molecule has 0 aliphatic heterocycles. The van der Waals surface area contributed by atoms with Crippen molar-refractivity contribution in [1.82, 2.24) is 20.9 Å². The third kappa shape index (κ3) is 10.7. The van der Waals surface area contributed by atoms with Gasteiger partial charge in [0, 0.05) is 24.6 Å². The molecular weight excluding hydrogens is 432 g/mol. The molecule has 0 saturated carbocycles. The Morgan fingerprint density at radius 2 is 1.52 bits per heavy atom. The molecule has 2 rings (SSSR count). The van der Waals surface area contributed by atoms with Gasteiger partial charge in [-0.2, -0.15) is 28.8 Å². The summed E-state index contributed by atoms with van der Waals surface area (Å²) in [6.45, 7) is 2.99. The fourth-order valence-electron chi connectivity index (χ4n) is 2.69. The van der Waals surface area contributed by atoms with Crippen molar-refractivity contribution in [2.75, 3.05) is 45.7 Å². The van der Waals surface area contributed by atoms with Crippen molar-refractivity contribution in [1.29, 1.82) is 5.26 Å². The molecule has 0 saturated heterocycles. The molecule has 0 amide bonds. The van der Waals surface area contributed by atoms with E-state index in [1.807, 2.05) is 51.6 Å². The van der Waals surface area contributed by atoms with Crippen LogP contribution in [0, 0.1) is 11.5 Å². The number of thioether (sulfide) groups is 2. The summed E-state index contributed by atoms with van der Waals surface area (Å²) in [7, 11) is 5.95. The van der Waals surface area contributed by atoms with Gasteiger partial charge in [-0.3, -0.25) is 0 Å². The third-order valence-corrected chi connectivity index (χ3v) is 5.95. The average Bonchev–Trinajstić information content (AvgIpc) is 3.36. The number of nitrogens with one attached hydrogen (secondary N) is 3. The summed E-state index contributed by atoms with van der Waals surface area (Å²) in [5.41, 5.74) is 0. The molecule has 8 nitrogen and oxygen atoms in total. The van der Waals surface area contributed by atoms with Crippen LogP contribution in [0.5, 0.6) is 0 Å². The minimum absolute atomic E-state index is 0.518. The van der Waals surface area contributed by atoms with Gasteiger partial charge in [-0.1, -0.05) is 0 Å². The van der Waals surface area contributed by atoms with Crippen LogP contribution in [0.25, 0.3) is 0 Å². The van der Waals surface area contributed by atoms with E-state index in [0.717, 1.165) is 72.2 Å². The largest absolute Gasteiger partial charge is 0.464 e. The third-order valence-electron chi connectivity index (χ3n) is 3.99. The van der Waals surface area contributed by atoms with Crippen LogP contribution in [-0.2, 0) is 24.6 Å². The first-order chi connectivity index (χ1) is 15.1. The van der Waals surface area contributed by atoms with Gasteiger partial charge in [-0.25, -0.2) is 0 Å². The summed E-state index contributed by atoms with van der Waals surface area (Å²) in [6, 6.07) is 8.08. The van der Waals surface area contributed by atoms with Crippen LogP contribution in [0.4, 0.5) is 0 Å². The summed E-state index contributed by atoms with van der Waals surface area (Å²) >= 11 is 3.55. The lowest BCUT2D eigenvalue weighted by Crippen LogP contribution is -2.39. The smallest absolute Gasteiger partial charge is 0.209 e. The highest BCUT2D eigenvalue weighted by atomic mass is 32.2. The zero-order valence-electron chi connectivity index (χ0n) is 18.4. The Balaban J connectivity index is 1.56. The van der Waals surface area contributed by atoms with Gasteiger partial charge in [0.05, 0.1) is 24.6 Å². The number of furan rings is 2. The molecule has 0 aromatic carbocycles. The normalized spacial score (nSPS) is 11.6. The first-order valence-electron chi connectivity index (χ1n) is 10.1. The van der Waals surface area contributed by atoms with Crippen molar-refractivity contribution in [3.05, 3.63) is 47.3 Å². The molecule has 0 aliphatic carbocycles. The van der Waals surface area contributed by atoms with E-state index in [9.17, 15) is 0 Å². The molecule has 0 spiro atoms. The molecule has 10 heteroatoms. The van der Waals surface area contributed by atoms with Gasteiger partial charge in [0.25, 0.3) is 0 Å². The van der Waals surface area contributed by atoms with Crippen LogP contribution in [0.1, 0.15) is 23.0 Å². The van der Waals surface area contributed by atoms with Crippen LogP contribution in [0.2, 0.25) is 0 Å². The fraction of sp³-hybridized carbons (Fsp3) is 0.524. The average molecular weight is 465 g/mol. The van der Waals surface area contributed by atoms with Crippen LogP contribution in [0.3, 0.4) is 0 Å². The minimum Gasteiger partial charge on any atom is -0.464 e. The second-order valence-corrected chi connectivity index (χ2v) is 9.23. The Morgan fingerprint density at radius 1 is 0.968 bits per heavy atom. The number of hydrogen-bond donors (Lipinski definition) is 3. The molecule has 0 bridgehead atoms. The number of aliphatic imine (C=N–C) groups is 1. The van der Waals surface area contributed by atoms with Crippen LogP contribution in [-0.4, -0.2) is 56.6 Å². The van der Waals surface area contributed by atoms with E-state index in [1.54, 1.807) is 23.5 Å². The van der Waals surface area contributed by atoms with Crippen molar-refractivity contribution in [3.63, 3.8) is 0 Å². The van der Waals surface area contributed by atoms with Crippen molar-refractivity contribution in [2.45, 2.75) is 24.6 Å². The monoisotopic (exact) mass is 464 g/mol. The summed E-state index contributed by atoms with van der Waals surface area (Å²) in [5.74, 6) is 7.83. The summed E-state index contributed by atoms with van der Waals surface area (Å²) in [5, 5.41) is 18.3. The molecule has 31 heavy (non-hydrogen) atoms. The zero-order valence-corrected chi connectivity index (χ0v) is 20.1. The lowest BCUT2D eigenvalue weighted by Gasteiger charge is -2.10. The molecule has 0 unspecified atom stereocenters. The Kier molecular flexibility index (Phi) is 12.1. The highest BCUT2D eigenvalue weighted by Gasteiger charge is 2.05. The predicted octanol–water partition coefficient (Wildman–Crippen LogP) is 2.84. The Hall–Kier alpha value is -2.06. The first-order valence-corrected chi connectivity index (χ1v) is 12.5. The van der Waals surface area contributed by atoms with Gasteiger partial charge in [0.2, 0.25) is 12.2 Å². The van der Waals surface area contributed by atoms with E-state index in [1.165, 1.54) is 0 Å². The number of hydrogen-bond acceptors (Lipinski definition) is 8. The standard InChI is InChI=1S/C21H32N6O2S2/c1-23-12-17-4-6-19(28-17)14-30-10-8-24-21(26-16-22)25-9-11-31-15-20-7-5-18(29-20)13-27(2)3/h4-7,23H,8-15H2,1-3H3,(H2,24,25,26). The Bertz CT molecular complexity index is 828. The van der Waals surface area contributed by atoms with Crippen molar-refractivity contribution < 1.29 is 8.83 Å². The van der Waals surface area contributed by atoms with Gasteiger partial charge in [0.15, 0.2) is 0 Å². The van der Waals surface area contributed by atoms with Gasteiger partial charge >= 0.3 is 0 Å². The van der Waals surface area contributed by atoms with Gasteiger partial charge in [-0.05, 0) is 45.4 Å². The number of guanidine groups is 1. The van der Waals surface area contributed by atoms with E-state index >= 15 is 0 Å². The van der Waals surface area contributed by atoms with Gasteiger partial charge in [0.1, 0.15) is 23.0 Å². The number of rotatable bonds is 14. The van der Waals surface area contributed by atoms with E-state index in [0.29, 0.717) is 5.96 Å². The maximum Gasteiger partial charge on any atom is 0.209 e. The van der Waals surface area contributed by atoms with Crippen LogP contribution >= 0.6 is 23.5 Å². The Labute approximate surface area is 193 Å². The summed E-state index contributed by atoms with van der Waals surface area (Å²) in [6.07, 6.45) is 1.84. The molecule has 0 fully saturated rings.